The van der Waals surface area contributed by atoms with Crippen LogP contribution in [0.3, 0.4) is 0 Å². The van der Waals surface area contributed by atoms with E-state index in [1.807, 2.05) is 24.3 Å². The Morgan fingerprint density at radius 2 is 1.55 bits per heavy atom. The summed E-state index contributed by atoms with van der Waals surface area (Å²) in [5.41, 5.74) is 4.02. The van der Waals surface area contributed by atoms with Gasteiger partial charge in [0.1, 0.15) is 6.61 Å². The number of carboxylic acid groups (broad SMARTS) is 1. The molecule has 0 fully saturated rings. The van der Waals surface area contributed by atoms with Crippen LogP contribution in [0.4, 0.5) is 4.79 Å². The van der Waals surface area contributed by atoms with Crippen molar-refractivity contribution in [3.63, 3.8) is 0 Å². The Labute approximate surface area is 194 Å². The fourth-order valence-corrected chi connectivity index (χ4v) is 4.14. The highest BCUT2D eigenvalue weighted by Crippen LogP contribution is 2.44. The van der Waals surface area contributed by atoms with Crippen LogP contribution in [0.2, 0.25) is 0 Å². The first-order valence-corrected chi connectivity index (χ1v) is 11.2. The van der Waals surface area contributed by atoms with E-state index in [1.165, 1.54) is 0 Å². The van der Waals surface area contributed by atoms with E-state index in [2.05, 4.69) is 34.9 Å². The molecule has 176 valence electrons. The van der Waals surface area contributed by atoms with Gasteiger partial charge in [0.25, 0.3) is 0 Å². The number of carbonyl (C=O) groups excluding carboxylic acids is 2. The highest BCUT2D eigenvalue weighted by Gasteiger charge is 2.30. The van der Waals surface area contributed by atoms with E-state index in [1.54, 1.807) is 27.7 Å². The second kappa shape index (κ2) is 10.1. The lowest BCUT2D eigenvalue weighted by Gasteiger charge is -2.26. The van der Waals surface area contributed by atoms with Crippen molar-refractivity contribution in [3.8, 4) is 11.1 Å². The SMILES string of the molecule is CC(NC(=O)OCC1c2ccccc2-c2ccccc21)C(C)C(=O)NCC(C)(C)CC(=O)O. The third-order valence-corrected chi connectivity index (χ3v) is 6.22. The van der Waals surface area contributed by atoms with Gasteiger partial charge in [-0.05, 0) is 34.6 Å². The minimum atomic E-state index is -0.910. The van der Waals surface area contributed by atoms with Crippen LogP contribution >= 0.6 is 0 Å². The summed E-state index contributed by atoms with van der Waals surface area (Å²) in [4.78, 5) is 35.9. The van der Waals surface area contributed by atoms with E-state index in [-0.39, 0.29) is 31.4 Å². The van der Waals surface area contributed by atoms with Crippen molar-refractivity contribution in [2.75, 3.05) is 13.2 Å². The maximum absolute atomic E-state index is 12.5. The van der Waals surface area contributed by atoms with Gasteiger partial charge in [-0.25, -0.2) is 4.79 Å². The molecule has 0 spiro atoms. The highest BCUT2D eigenvalue weighted by atomic mass is 16.5. The molecule has 0 heterocycles. The van der Waals surface area contributed by atoms with E-state index in [9.17, 15) is 14.4 Å². The topological polar surface area (TPSA) is 105 Å². The molecule has 1 aliphatic carbocycles. The molecule has 2 atom stereocenters. The third kappa shape index (κ3) is 5.92. The summed E-state index contributed by atoms with van der Waals surface area (Å²) in [6, 6.07) is 15.8. The van der Waals surface area contributed by atoms with Crippen LogP contribution < -0.4 is 10.6 Å². The second-order valence-corrected chi connectivity index (χ2v) is 9.50. The van der Waals surface area contributed by atoms with E-state index in [4.69, 9.17) is 9.84 Å². The van der Waals surface area contributed by atoms with Crippen LogP contribution in [0.15, 0.2) is 48.5 Å². The van der Waals surface area contributed by atoms with Crippen molar-refractivity contribution < 1.29 is 24.2 Å². The smallest absolute Gasteiger partial charge is 0.407 e. The van der Waals surface area contributed by atoms with E-state index >= 15 is 0 Å². The Morgan fingerprint density at radius 3 is 2.09 bits per heavy atom. The zero-order chi connectivity index (χ0) is 24.2. The van der Waals surface area contributed by atoms with Crippen LogP contribution in [-0.4, -0.2) is 42.3 Å². The largest absolute Gasteiger partial charge is 0.481 e. The summed E-state index contributed by atoms with van der Waals surface area (Å²) in [6.07, 6.45) is -0.620. The van der Waals surface area contributed by atoms with Crippen molar-refractivity contribution in [2.45, 2.75) is 46.1 Å². The van der Waals surface area contributed by atoms with Gasteiger partial charge in [-0.15, -0.1) is 0 Å². The highest BCUT2D eigenvalue weighted by molar-refractivity contribution is 5.80. The minimum absolute atomic E-state index is 0.0318. The first kappa shape index (κ1) is 24.3. The number of ether oxygens (including phenoxy) is 1. The maximum atomic E-state index is 12.5. The van der Waals surface area contributed by atoms with Gasteiger partial charge in [-0.1, -0.05) is 69.3 Å². The number of hydrogen-bond acceptors (Lipinski definition) is 4. The zero-order valence-electron chi connectivity index (χ0n) is 19.6. The molecular formula is C26H32N2O5. The summed E-state index contributed by atoms with van der Waals surface area (Å²) in [5.74, 6) is -1.70. The molecule has 7 nitrogen and oxygen atoms in total. The number of fused-ring (bicyclic) bond motifs is 3. The number of amides is 2. The van der Waals surface area contributed by atoms with Gasteiger partial charge >= 0.3 is 12.1 Å². The minimum Gasteiger partial charge on any atom is -0.481 e. The fraction of sp³-hybridized carbons (Fsp3) is 0.423. The molecule has 0 bridgehead atoms. The van der Waals surface area contributed by atoms with Gasteiger partial charge in [0.05, 0.1) is 12.3 Å². The average Bonchev–Trinajstić information content (AvgIpc) is 3.08. The molecular weight excluding hydrogens is 420 g/mol. The Bertz CT molecular complexity index is 987. The number of hydrogen-bond donors (Lipinski definition) is 3. The molecule has 2 aromatic carbocycles. The average molecular weight is 453 g/mol. The number of carboxylic acids is 1. The maximum Gasteiger partial charge on any atom is 0.407 e. The number of carbonyl (C=O) groups is 3. The Balaban J connectivity index is 1.53. The Kier molecular flexibility index (Phi) is 7.41. The molecule has 1 aliphatic rings. The van der Waals surface area contributed by atoms with Crippen LogP contribution in [0, 0.1) is 11.3 Å². The summed E-state index contributed by atoms with van der Waals surface area (Å²) >= 11 is 0. The molecule has 2 aromatic rings. The predicted molar refractivity (Wildman–Crippen MR) is 126 cm³/mol. The summed E-state index contributed by atoms with van der Waals surface area (Å²) < 4.78 is 5.55. The van der Waals surface area contributed by atoms with Gasteiger partial charge in [0.15, 0.2) is 0 Å². The molecule has 7 heteroatoms. The fourth-order valence-electron chi connectivity index (χ4n) is 4.14. The molecule has 3 N–H and O–H groups in total. The van der Waals surface area contributed by atoms with Crippen LogP contribution in [-0.2, 0) is 14.3 Å². The monoisotopic (exact) mass is 452 g/mol. The molecule has 2 amide bonds. The number of rotatable bonds is 9. The lowest BCUT2D eigenvalue weighted by Crippen LogP contribution is -2.46. The second-order valence-electron chi connectivity index (χ2n) is 9.50. The van der Waals surface area contributed by atoms with E-state index in [0.29, 0.717) is 0 Å². The van der Waals surface area contributed by atoms with E-state index in [0.717, 1.165) is 22.3 Å². The molecule has 33 heavy (non-hydrogen) atoms. The first-order valence-electron chi connectivity index (χ1n) is 11.2. The van der Waals surface area contributed by atoms with E-state index < -0.39 is 29.4 Å². The Morgan fingerprint density at radius 1 is 1.00 bits per heavy atom. The number of benzene rings is 2. The standard InChI is InChI=1S/C26H32N2O5/c1-16(24(31)27-15-26(3,4)13-23(29)30)17(2)28-25(32)33-14-22-20-11-7-5-9-18(20)19-10-6-8-12-21(19)22/h5-12,16-17,22H,13-15H2,1-4H3,(H,27,31)(H,28,32)(H,29,30). The molecule has 2 unspecified atom stereocenters. The van der Waals surface area contributed by atoms with Gasteiger partial charge in [-0.2, -0.15) is 0 Å². The van der Waals surface area contributed by atoms with Gasteiger partial charge in [0.2, 0.25) is 5.91 Å². The van der Waals surface area contributed by atoms with Gasteiger partial charge < -0.3 is 20.5 Å². The molecule has 3 rings (SSSR count). The Hall–Kier alpha value is -3.35. The van der Waals surface area contributed by atoms with Gasteiger partial charge in [0, 0.05) is 18.5 Å². The normalized spacial score (nSPS) is 14.5. The van der Waals surface area contributed by atoms with Crippen LogP contribution in [0.1, 0.15) is 51.2 Å². The van der Waals surface area contributed by atoms with Crippen molar-refractivity contribution in [3.05, 3.63) is 59.7 Å². The predicted octanol–water partition coefficient (Wildman–Crippen LogP) is 4.17. The lowest BCUT2D eigenvalue weighted by molar-refractivity contribution is -0.139. The molecule has 0 aliphatic heterocycles. The van der Waals surface area contributed by atoms with Crippen molar-refractivity contribution in [2.24, 2.45) is 11.3 Å². The zero-order valence-corrected chi connectivity index (χ0v) is 19.6. The number of aliphatic carboxylic acids is 1. The summed E-state index contributed by atoms with van der Waals surface area (Å²) in [7, 11) is 0. The molecule has 0 saturated heterocycles. The van der Waals surface area contributed by atoms with Crippen LogP contribution in [0.25, 0.3) is 11.1 Å². The first-order chi connectivity index (χ1) is 15.6. The van der Waals surface area contributed by atoms with Crippen LogP contribution in [0.5, 0.6) is 0 Å². The summed E-state index contributed by atoms with van der Waals surface area (Å²) in [5, 5.41) is 14.5. The number of nitrogens with one attached hydrogen (secondary N) is 2. The number of alkyl carbamates (subject to hydrolysis) is 1. The van der Waals surface area contributed by atoms with Crippen molar-refractivity contribution in [1.82, 2.24) is 10.6 Å². The van der Waals surface area contributed by atoms with Gasteiger partial charge in [-0.3, -0.25) is 9.59 Å². The van der Waals surface area contributed by atoms with Crippen molar-refractivity contribution in [1.29, 1.82) is 0 Å². The molecule has 0 aromatic heterocycles. The summed E-state index contributed by atoms with van der Waals surface area (Å²) in [6.45, 7) is 7.47. The quantitative estimate of drug-likeness (QED) is 0.530. The molecule has 0 saturated carbocycles. The lowest BCUT2D eigenvalue weighted by atomic mass is 9.89. The van der Waals surface area contributed by atoms with Crippen molar-refractivity contribution >= 4 is 18.0 Å². The third-order valence-electron chi connectivity index (χ3n) is 6.22. The molecule has 0 radical (unpaired) electrons.